The fraction of sp³-hybridized carbons (Fsp3) is 0.0769. The van der Waals surface area contributed by atoms with E-state index in [0.717, 1.165) is 9.13 Å². The van der Waals surface area contributed by atoms with Crippen LogP contribution in [0.4, 0.5) is 13.2 Å². The molecular formula is C13H7F3I2O. The van der Waals surface area contributed by atoms with Gasteiger partial charge in [0, 0.05) is 12.7 Å². The van der Waals surface area contributed by atoms with Gasteiger partial charge in [-0.05, 0) is 68.9 Å². The first-order valence-corrected chi connectivity index (χ1v) is 7.33. The van der Waals surface area contributed by atoms with Crippen LogP contribution in [0.15, 0.2) is 42.5 Å². The lowest BCUT2D eigenvalue weighted by molar-refractivity contribution is -0.274. The molecule has 1 nitrogen and oxygen atoms in total. The van der Waals surface area contributed by atoms with E-state index in [1.807, 2.05) is 34.7 Å². The summed E-state index contributed by atoms with van der Waals surface area (Å²) in [4.78, 5) is 0. The van der Waals surface area contributed by atoms with Gasteiger partial charge >= 0.3 is 6.36 Å². The quantitative estimate of drug-likeness (QED) is 0.509. The highest BCUT2D eigenvalue weighted by molar-refractivity contribution is 14.1. The summed E-state index contributed by atoms with van der Waals surface area (Å²) in [5.41, 5.74) is 1.19. The Morgan fingerprint density at radius 2 is 1.47 bits per heavy atom. The molecule has 0 heterocycles. The predicted molar refractivity (Wildman–Crippen MR) is 84.0 cm³/mol. The molecule has 0 aliphatic rings. The molecule has 0 N–H and O–H groups in total. The molecule has 0 aromatic heterocycles. The molecule has 0 radical (unpaired) electrons. The van der Waals surface area contributed by atoms with Crippen LogP contribution in [0.25, 0.3) is 11.1 Å². The average Bonchev–Trinajstić information content (AvgIpc) is 2.29. The summed E-state index contributed by atoms with van der Waals surface area (Å²) in [7, 11) is 0. The van der Waals surface area contributed by atoms with Crippen molar-refractivity contribution < 1.29 is 17.9 Å². The number of alkyl halides is 3. The van der Waals surface area contributed by atoms with Crippen LogP contribution in [0.3, 0.4) is 0 Å². The van der Waals surface area contributed by atoms with Gasteiger partial charge < -0.3 is 4.74 Å². The monoisotopic (exact) mass is 490 g/mol. The van der Waals surface area contributed by atoms with Crippen LogP contribution in [0.1, 0.15) is 0 Å². The maximum Gasteiger partial charge on any atom is 0.573 e. The summed E-state index contributed by atoms with van der Waals surface area (Å²) in [5.74, 6) is -0.177. The minimum absolute atomic E-state index is 0.177. The van der Waals surface area contributed by atoms with Crippen molar-refractivity contribution in [3.8, 4) is 16.9 Å². The molecule has 0 aliphatic heterocycles. The van der Waals surface area contributed by atoms with Gasteiger partial charge in [-0.2, -0.15) is 0 Å². The lowest BCUT2D eigenvalue weighted by atomic mass is 10.1. The van der Waals surface area contributed by atoms with Gasteiger partial charge in [0.1, 0.15) is 5.75 Å². The lowest BCUT2D eigenvalue weighted by Gasteiger charge is -2.15. The van der Waals surface area contributed by atoms with Gasteiger partial charge in [0.05, 0.1) is 0 Å². The third-order valence-corrected chi connectivity index (χ3v) is 4.18. The van der Waals surface area contributed by atoms with Crippen molar-refractivity contribution in [2.45, 2.75) is 6.36 Å². The van der Waals surface area contributed by atoms with Crippen LogP contribution in [0, 0.1) is 7.14 Å². The van der Waals surface area contributed by atoms with Crippen molar-refractivity contribution in [3.63, 3.8) is 0 Å². The smallest absolute Gasteiger partial charge is 0.405 e. The molecular weight excluding hydrogens is 483 g/mol. The van der Waals surface area contributed by atoms with E-state index >= 15 is 0 Å². The van der Waals surface area contributed by atoms with Gasteiger partial charge in [0.2, 0.25) is 0 Å². The highest BCUT2D eigenvalue weighted by Gasteiger charge is 2.32. The summed E-state index contributed by atoms with van der Waals surface area (Å²) < 4.78 is 43.0. The number of hydrogen-bond acceptors (Lipinski definition) is 1. The number of rotatable bonds is 2. The SMILES string of the molecule is FC(F)(F)Oc1cccc(I)c1-c1ccccc1I. The molecule has 100 valence electrons. The van der Waals surface area contributed by atoms with E-state index in [9.17, 15) is 13.2 Å². The van der Waals surface area contributed by atoms with Crippen LogP contribution in [0.5, 0.6) is 5.75 Å². The second kappa shape index (κ2) is 5.86. The number of hydrogen-bond donors (Lipinski definition) is 0. The molecule has 0 saturated carbocycles. The van der Waals surface area contributed by atoms with E-state index in [4.69, 9.17) is 0 Å². The summed E-state index contributed by atoms with van der Waals surface area (Å²) in [6, 6.07) is 11.9. The van der Waals surface area contributed by atoms with Crippen molar-refractivity contribution in [1.82, 2.24) is 0 Å². The van der Waals surface area contributed by atoms with E-state index in [-0.39, 0.29) is 5.75 Å². The maximum atomic E-state index is 12.4. The molecule has 0 spiro atoms. The summed E-state index contributed by atoms with van der Waals surface area (Å²) in [6.45, 7) is 0. The molecule has 6 heteroatoms. The molecule has 2 aromatic carbocycles. The summed E-state index contributed by atoms with van der Waals surface area (Å²) in [6.07, 6.45) is -4.70. The zero-order valence-corrected chi connectivity index (χ0v) is 13.7. The van der Waals surface area contributed by atoms with Crippen LogP contribution in [-0.4, -0.2) is 6.36 Å². The first-order chi connectivity index (χ1) is 8.88. The molecule has 0 aliphatic carbocycles. The van der Waals surface area contributed by atoms with E-state index in [2.05, 4.69) is 27.3 Å². The number of halogens is 5. The predicted octanol–water partition coefficient (Wildman–Crippen LogP) is 5.46. The highest BCUT2D eigenvalue weighted by Crippen LogP contribution is 2.38. The molecule has 0 atom stereocenters. The van der Waals surface area contributed by atoms with E-state index in [1.165, 1.54) is 6.07 Å². The average molecular weight is 490 g/mol. The van der Waals surface area contributed by atoms with E-state index < -0.39 is 6.36 Å². The van der Waals surface area contributed by atoms with Crippen molar-refractivity contribution in [1.29, 1.82) is 0 Å². The summed E-state index contributed by atoms with van der Waals surface area (Å²) in [5, 5.41) is 0. The molecule has 0 unspecified atom stereocenters. The Hall–Kier alpha value is -0.510. The van der Waals surface area contributed by atoms with Gasteiger partial charge in [0.15, 0.2) is 0 Å². The van der Waals surface area contributed by atoms with Crippen molar-refractivity contribution in [2.75, 3.05) is 0 Å². The maximum absolute atomic E-state index is 12.4. The van der Waals surface area contributed by atoms with Crippen LogP contribution < -0.4 is 4.74 Å². The Bertz CT molecular complexity index is 597. The Kier molecular flexibility index (Phi) is 4.59. The summed E-state index contributed by atoms with van der Waals surface area (Å²) >= 11 is 4.10. The van der Waals surface area contributed by atoms with E-state index in [0.29, 0.717) is 9.13 Å². The fourth-order valence-electron chi connectivity index (χ4n) is 1.64. The number of ether oxygens (including phenoxy) is 1. The topological polar surface area (TPSA) is 9.23 Å². The van der Waals surface area contributed by atoms with Crippen molar-refractivity contribution in [3.05, 3.63) is 49.6 Å². The third-order valence-electron chi connectivity index (χ3n) is 2.34. The second-order valence-electron chi connectivity index (χ2n) is 3.64. The first-order valence-electron chi connectivity index (χ1n) is 5.17. The number of benzene rings is 2. The Balaban J connectivity index is 2.59. The highest BCUT2D eigenvalue weighted by atomic mass is 127. The third kappa shape index (κ3) is 3.74. The second-order valence-corrected chi connectivity index (χ2v) is 5.97. The normalized spacial score (nSPS) is 11.4. The largest absolute Gasteiger partial charge is 0.573 e. The molecule has 19 heavy (non-hydrogen) atoms. The minimum Gasteiger partial charge on any atom is -0.405 e. The van der Waals surface area contributed by atoms with Crippen LogP contribution in [-0.2, 0) is 0 Å². The molecule has 0 amide bonds. The minimum atomic E-state index is -4.70. The van der Waals surface area contributed by atoms with Gasteiger partial charge in [-0.3, -0.25) is 0 Å². The van der Waals surface area contributed by atoms with Crippen LogP contribution in [0.2, 0.25) is 0 Å². The zero-order chi connectivity index (χ0) is 14.0. The first kappa shape index (κ1) is 14.9. The standard InChI is InChI=1S/C13H7F3I2O/c14-13(15,16)19-11-7-3-6-10(18)12(11)8-4-1-2-5-9(8)17/h1-7H. The Labute approximate surface area is 135 Å². The van der Waals surface area contributed by atoms with Gasteiger partial charge in [-0.25, -0.2) is 0 Å². The van der Waals surface area contributed by atoms with Gasteiger partial charge in [-0.1, -0.05) is 24.3 Å². The van der Waals surface area contributed by atoms with Crippen LogP contribution >= 0.6 is 45.2 Å². The lowest BCUT2D eigenvalue weighted by Crippen LogP contribution is -2.17. The molecule has 2 rings (SSSR count). The van der Waals surface area contributed by atoms with E-state index in [1.54, 1.807) is 24.3 Å². The Morgan fingerprint density at radius 3 is 2.11 bits per heavy atom. The Morgan fingerprint density at radius 1 is 0.842 bits per heavy atom. The molecule has 0 saturated heterocycles. The molecule has 0 fully saturated rings. The van der Waals surface area contributed by atoms with Crippen molar-refractivity contribution >= 4 is 45.2 Å². The molecule has 0 bridgehead atoms. The van der Waals surface area contributed by atoms with Gasteiger partial charge in [0.25, 0.3) is 0 Å². The van der Waals surface area contributed by atoms with Crippen molar-refractivity contribution in [2.24, 2.45) is 0 Å². The van der Waals surface area contributed by atoms with Gasteiger partial charge in [-0.15, -0.1) is 13.2 Å². The zero-order valence-electron chi connectivity index (χ0n) is 9.34. The fourth-order valence-corrected chi connectivity index (χ4v) is 3.06. The molecule has 2 aromatic rings.